The van der Waals surface area contributed by atoms with Gasteiger partial charge in [0.05, 0.1) is 0 Å². The minimum Gasteiger partial charge on any atom is -0.296 e. The Kier molecular flexibility index (Phi) is 14.6. The molecule has 0 aliphatic carbocycles. The van der Waals surface area contributed by atoms with Crippen LogP contribution in [0, 0.1) is 0 Å². The van der Waals surface area contributed by atoms with Crippen molar-refractivity contribution in [2.75, 3.05) is 19.6 Å². The van der Waals surface area contributed by atoms with Gasteiger partial charge in [-0.2, -0.15) is 0 Å². The van der Waals surface area contributed by atoms with Gasteiger partial charge < -0.3 is 0 Å². The van der Waals surface area contributed by atoms with Gasteiger partial charge in [0, 0.05) is 34.7 Å². The van der Waals surface area contributed by atoms with Gasteiger partial charge >= 0.3 is 0 Å². The van der Waals surface area contributed by atoms with Gasteiger partial charge in [0.15, 0.2) is 0 Å². The zero-order chi connectivity index (χ0) is 27.6. The molecule has 3 saturated heterocycles. The fraction of sp³-hybridized carbons (Fsp3) is 1.00. The summed E-state index contributed by atoms with van der Waals surface area (Å²) < 4.78 is 0. The zero-order valence-electron chi connectivity index (χ0n) is 27.2. The molecule has 3 nitrogen and oxygen atoms in total. The van der Waals surface area contributed by atoms with Crippen LogP contribution in [-0.4, -0.2) is 69.1 Å². The monoisotopic (exact) mass is 508 g/mol. The lowest BCUT2D eigenvalue weighted by atomic mass is 10.0. The van der Waals surface area contributed by atoms with E-state index in [1.54, 1.807) is 0 Å². The second kappa shape index (κ2) is 15.5. The maximum atomic E-state index is 2.65. The third kappa shape index (κ3) is 12.6. The third-order valence-electron chi connectivity index (χ3n) is 8.74. The van der Waals surface area contributed by atoms with Crippen LogP contribution in [0.25, 0.3) is 0 Å². The minimum atomic E-state index is 0.365. The van der Waals surface area contributed by atoms with Gasteiger partial charge in [0.1, 0.15) is 0 Å². The molecule has 3 aliphatic heterocycles. The fourth-order valence-electron chi connectivity index (χ4n) is 6.81. The number of hydrogen-bond donors (Lipinski definition) is 0. The van der Waals surface area contributed by atoms with E-state index in [4.69, 9.17) is 0 Å². The summed E-state index contributed by atoms with van der Waals surface area (Å²) in [4.78, 5) is 7.96. The molecule has 3 heterocycles. The first-order chi connectivity index (χ1) is 16.5. The van der Waals surface area contributed by atoms with E-state index in [0.29, 0.717) is 16.6 Å². The molecule has 3 aliphatic rings. The average molecular weight is 508 g/mol. The molecule has 0 amide bonds. The van der Waals surface area contributed by atoms with E-state index in [1.165, 1.54) is 96.7 Å². The lowest BCUT2D eigenvalue weighted by Crippen LogP contribution is -2.46. The van der Waals surface area contributed by atoms with Gasteiger partial charge in [-0.25, -0.2) is 0 Å². The summed E-state index contributed by atoms with van der Waals surface area (Å²) in [6, 6.07) is 2.35. The Bertz CT molecular complexity index is 484. The maximum absolute atomic E-state index is 2.65. The molecule has 36 heavy (non-hydrogen) atoms. The summed E-state index contributed by atoms with van der Waals surface area (Å²) in [5, 5.41) is 0. The Morgan fingerprint density at radius 2 is 0.583 bits per heavy atom. The average Bonchev–Trinajstić information content (AvgIpc) is 3.18. The molecule has 3 fully saturated rings. The molecule has 3 rings (SSSR count). The van der Waals surface area contributed by atoms with Crippen LogP contribution in [0.3, 0.4) is 0 Å². The smallest absolute Gasteiger partial charge is 0.0127 e. The summed E-state index contributed by atoms with van der Waals surface area (Å²) in [5.41, 5.74) is 1.09. The number of likely N-dealkylation sites (tertiary alicyclic amines) is 3. The van der Waals surface area contributed by atoms with Crippen LogP contribution in [-0.2, 0) is 0 Å². The first-order valence-electron chi connectivity index (χ1n) is 15.9. The quantitative estimate of drug-likeness (QED) is 0.323. The summed E-state index contributed by atoms with van der Waals surface area (Å²) in [7, 11) is 0. The fourth-order valence-corrected chi connectivity index (χ4v) is 6.81. The Hall–Kier alpha value is -0.120. The van der Waals surface area contributed by atoms with Crippen LogP contribution in [0.5, 0.6) is 0 Å². The van der Waals surface area contributed by atoms with E-state index in [-0.39, 0.29) is 0 Å². The molecule has 0 bridgehead atoms. The van der Waals surface area contributed by atoms with Crippen LogP contribution in [0.1, 0.15) is 160 Å². The number of rotatable bonds is 0. The number of hydrogen-bond acceptors (Lipinski definition) is 3. The SMILES string of the molecule is CC1CCCCCN1C(C)(C)C.C[C@@H]1CCCCCN1C(C)(C)C.C[C@H]1CCCCCN1C(C)(C)C. The molecule has 0 aromatic heterocycles. The standard InChI is InChI=1S/3C11H23N/c3*1-10-8-6-5-7-9-12(10)11(2,3)4/h3*10H,5-9H2,1-4H3/t2*10-;/m10./s1. The summed E-state index contributed by atoms with van der Waals surface area (Å²) in [5.74, 6) is 0. The highest BCUT2D eigenvalue weighted by Gasteiger charge is 2.28. The molecule has 0 spiro atoms. The Balaban J connectivity index is 0.000000270. The van der Waals surface area contributed by atoms with Gasteiger partial charge in [-0.15, -0.1) is 0 Å². The Morgan fingerprint density at radius 1 is 0.361 bits per heavy atom. The largest absolute Gasteiger partial charge is 0.296 e. The summed E-state index contributed by atoms with van der Waals surface area (Å²) in [6.07, 6.45) is 16.9. The normalized spacial score (nSPS) is 28.5. The maximum Gasteiger partial charge on any atom is 0.0127 e. The molecule has 0 saturated carbocycles. The van der Waals surface area contributed by atoms with Crippen molar-refractivity contribution in [3.8, 4) is 0 Å². The molecule has 1 unspecified atom stereocenters. The van der Waals surface area contributed by atoms with E-state index in [1.807, 2.05) is 0 Å². The predicted molar refractivity (Wildman–Crippen MR) is 163 cm³/mol. The topological polar surface area (TPSA) is 9.72 Å². The molecule has 0 N–H and O–H groups in total. The molecule has 3 heteroatoms. The molecule has 0 aromatic rings. The van der Waals surface area contributed by atoms with Crippen LogP contribution < -0.4 is 0 Å². The van der Waals surface area contributed by atoms with Gasteiger partial charge in [-0.1, -0.05) is 38.5 Å². The van der Waals surface area contributed by atoms with Crippen LogP contribution in [0.4, 0.5) is 0 Å². The zero-order valence-corrected chi connectivity index (χ0v) is 27.2. The van der Waals surface area contributed by atoms with Crippen LogP contribution in [0.15, 0.2) is 0 Å². The highest BCUT2D eigenvalue weighted by Crippen LogP contribution is 2.26. The molecule has 3 atom stereocenters. The van der Waals surface area contributed by atoms with Gasteiger partial charge in [0.25, 0.3) is 0 Å². The van der Waals surface area contributed by atoms with Crippen molar-refractivity contribution in [2.24, 2.45) is 0 Å². The summed E-state index contributed by atoms with van der Waals surface area (Å²) >= 11 is 0. The first-order valence-corrected chi connectivity index (χ1v) is 15.9. The van der Waals surface area contributed by atoms with Crippen molar-refractivity contribution in [2.45, 2.75) is 195 Å². The Labute approximate surface area is 229 Å². The van der Waals surface area contributed by atoms with E-state index in [2.05, 4.69) is 97.8 Å². The highest BCUT2D eigenvalue weighted by atomic mass is 15.2. The first kappa shape index (κ1) is 33.9. The van der Waals surface area contributed by atoms with Crippen molar-refractivity contribution < 1.29 is 0 Å². The van der Waals surface area contributed by atoms with Crippen LogP contribution in [0.2, 0.25) is 0 Å². The third-order valence-corrected chi connectivity index (χ3v) is 8.74. The minimum absolute atomic E-state index is 0.365. The number of nitrogens with zero attached hydrogens (tertiary/aromatic N) is 3. The van der Waals surface area contributed by atoms with Crippen molar-refractivity contribution in [1.82, 2.24) is 14.7 Å². The lowest BCUT2D eigenvalue weighted by Gasteiger charge is -2.39. The van der Waals surface area contributed by atoms with Crippen molar-refractivity contribution in [1.29, 1.82) is 0 Å². The predicted octanol–water partition coefficient (Wildman–Crippen LogP) is 9.15. The van der Waals surface area contributed by atoms with Crippen LogP contribution >= 0.6 is 0 Å². The van der Waals surface area contributed by atoms with E-state index in [9.17, 15) is 0 Å². The van der Waals surface area contributed by atoms with Crippen molar-refractivity contribution in [3.63, 3.8) is 0 Å². The molecular weight excluding hydrogens is 438 g/mol. The molecular formula is C33H69N3. The second-order valence-corrected chi connectivity index (χ2v) is 15.2. The molecule has 0 aromatic carbocycles. The lowest BCUT2D eigenvalue weighted by molar-refractivity contribution is 0.0939. The molecule has 0 radical (unpaired) electrons. The van der Waals surface area contributed by atoms with E-state index >= 15 is 0 Å². The van der Waals surface area contributed by atoms with Gasteiger partial charge in [-0.05, 0) is 141 Å². The van der Waals surface area contributed by atoms with E-state index < -0.39 is 0 Å². The second-order valence-electron chi connectivity index (χ2n) is 15.2. The van der Waals surface area contributed by atoms with Gasteiger partial charge in [0.2, 0.25) is 0 Å². The van der Waals surface area contributed by atoms with E-state index in [0.717, 1.165) is 18.1 Å². The Morgan fingerprint density at radius 3 is 0.778 bits per heavy atom. The van der Waals surface area contributed by atoms with Gasteiger partial charge in [-0.3, -0.25) is 14.7 Å². The van der Waals surface area contributed by atoms with Crippen molar-refractivity contribution >= 4 is 0 Å². The summed E-state index contributed by atoms with van der Waals surface area (Å²) in [6.45, 7) is 32.0. The highest BCUT2D eigenvalue weighted by molar-refractivity contribution is 4.84. The van der Waals surface area contributed by atoms with Crippen molar-refractivity contribution in [3.05, 3.63) is 0 Å². The molecule has 216 valence electrons.